The van der Waals surface area contributed by atoms with Crippen molar-refractivity contribution in [3.8, 4) is 11.5 Å². The molecule has 1 saturated heterocycles. The Balaban J connectivity index is 1.45. The molecule has 1 fully saturated rings. The van der Waals surface area contributed by atoms with Crippen LogP contribution in [-0.4, -0.2) is 76.3 Å². The number of para-hydroxylation sites is 1. The van der Waals surface area contributed by atoms with Crippen LogP contribution in [0.15, 0.2) is 60.9 Å². The summed E-state index contributed by atoms with van der Waals surface area (Å²) in [6, 6.07) is 14.3. The van der Waals surface area contributed by atoms with E-state index in [1.807, 2.05) is 0 Å². The van der Waals surface area contributed by atoms with E-state index in [1.54, 1.807) is 82.6 Å². The summed E-state index contributed by atoms with van der Waals surface area (Å²) in [7, 11) is -1.12. The molecule has 4 aromatic rings. The monoisotopic (exact) mass is 701 g/mol. The lowest BCUT2D eigenvalue weighted by Crippen LogP contribution is -2.43. The highest BCUT2D eigenvalue weighted by Crippen LogP contribution is 2.49. The van der Waals surface area contributed by atoms with Gasteiger partial charge in [-0.3, -0.25) is 13.9 Å². The van der Waals surface area contributed by atoms with Crippen molar-refractivity contribution in [3.63, 3.8) is 0 Å². The highest BCUT2D eigenvalue weighted by Gasteiger charge is 2.57. The summed E-state index contributed by atoms with van der Waals surface area (Å²) >= 11 is 0. The maximum atomic E-state index is 17.1. The first kappa shape index (κ1) is 36.0. The second-order valence-corrected chi connectivity index (χ2v) is 13.5. The zero-order valence-corrected chi connectivity index (χ0v) is 28.9. The molecule has 0 aliphatic carbocycles. The number of hydrogen-bond donors (Lipinski definition) is 3. The number of carbonyl (C=O) groups is 1. The van der Waals surface area contributed by atoms with E-state index in [1.165, 1.54) is 24.7 Å². The number of imidazole rings is 1. The normalized spacial score (nSPS) is 22.5. The van der Waals surface area contributed by atoms with Gasteiger partial charge in [0.2, 0.25) is 5.95 Å². The number of nitrogens with one attached hydrogen (secondary N) is 2. The molecule has 15 nitrogen and oxygen atoms in total. The molecule has 6 atom stereocenters. The van der Waals surface area contributed by atoms with Gasteiger partial charge >= 0.3 is 13.7 Å². The van der Waals surface area contributed by atoms with Crippen LogP contribution in [0.25, 0.3) is 11.2 Å². The van der Waals surface area contributed by atoms with Gasteiger partial charge in [0.15, 0.2) is 28.9 Å². The Labute approximate surface area is 283 Å². The zero-order chi connectivity index (χ0) is 35.3. The molecular formula is C32H41FN7O8P. The maximum absolute atomic E-state index is 17.1. The third kappa shape index (κ3) is 8.28. The first-order valence-electron chi connectivity index (χ1n) is 15.6. The Hall–Kier alpha value is -4.34. The molecule has 264 valence electrons. The first-order chi connectivity index (χ1) is 23.3. The molecule has 17 heteroatoms. The van der Waals surface area contributed by atoms with Crippen LogP contribution in [0, 0.1) is 0 Å². The van der Waals surface area contributed by atoms with Crippen LogP contribution >= 0.6 is 7.75 Å². The van der Waals surface area contributed by atoms with Crippen LogP contribution in [0.3, 0.4) is 0 Å². The molecule has 5 rings (SSSR count). The minimum absolute atomic E-state index is 0.00104. The average molecular weight is 702 g/mol. The fraction of sp³-hybridized carbons (Fsp3) is 0.438. The second kappa shape index (κ2) is 15.0. The number of rotatable bonds is 15. The van der Waals surface area contributed by atoms with Crippen molar-refractivity contribution < 1.29 is 41.7 Å². The van der Waals surface area contributed by atoms with Crippen LogP contribution in [-0.2, 0) is 34.7 Å². The first-order valence-corrected chi connectivity index (χ1v) is 17.1. The van der Waals surface area contributed by atoms with E-state index in [0.29, 0.717) is 17.1 Å². The number of benzene rings is 2. The topological polar surface area (TPSA) is 183 Å². The second-order valence-electron chi connectivity index (χ2n) is 11.8. The van der Waals surface area contributed by atoms with Crippen molar-refractivity contribution in [2.24, 2.45) is 0 Å². The molecule has 49 heavy (non-hydrogen) atoms. The van der Waals surface area contributed by atoms with Crippen molar-refractivity contribution in [1.82, 2.24) is 24.6 Å². The van der Waals surface area contributed by atoms with Gasteiger partial charge in [-0.25, -0.2) is 13.9 Å². The molecule has 1 aliphatic rings. The number of nitrogens with zero attached hydrogens (tertiary/aromatic N) is 4. The highest BCUT2D eigenvalue weighted by molar-refractivity contribution is 7.52. The number of nitrogens with two attached hydrogens (primary N) is 1. The van der Waals surface area contributed by atoms with Gasteiger partial charge in [-0.1, -0.05) is 30.3 Å². The summed E-state index contributed by atoms with van der Waals surface area (Å²) in [5, 5.41) is 5.55. The molecule has 0 unspecified atom stereocenters. The van der Waals surface area contributed by atoms with Gasteiger partial charge in [0.05, 0.1) is 32.8 Å². The smallest absolute Gasteiger partial charge is 0.459 e. The SMILES string of the molecule is CNc1nc(N)nc2c1ncn2[C@@H]1O[C@H](CO[P@@](=O)(N[C@@H](C)C(=O)OC(C)C)Oc2ccccc2)[C@@H](OCc2ccc(OC)cc2)[C@@]1(C)F. The summed E-state index contributed by atoms with van der Waals surface area (Å²) in [4.78, 5) is 25.5. The van der Waals surface area contributed by atoms with Crippen LogP contribution in [0.2, 0.25) is 0 Å². The lowest BCUT2D eigenvalue weighted by molar-refractivity contribution is -0.149. The van der Waals surface area contributed by atoms with Crippen molar-refractivity contribution in [2.45, 2.75) is 70.6 Å². The van der Waals surface area contributed by atoms with E-state index in [-0.39, 0.29) is 24.0 Å². The summed E-state index contributed by atoms with van der Waals surface area (Å²) in [6.07, 6.45) is -2.79. The molecule has 0 saturated carbocycles. The van der Waals surface area contributed by atoms with E-state index in [4.69, 9.17) is 33.7 Å². The lowest BCUT2D eigenvalue weighted by Gasteiger charge is -2.28. The number of aromatic nitrogens is 4. The predicted octanol–water partition coefficient (Wildman–Crippen LogP) is 4.80. The molecule has 0 radical (unpaired) electrons. The predicted molar refractivity (Wildman–Crippen MR) is 179 cm³/mol. The van der Waals surface area contributed by atoms with Crippen molar-refractivity contribution in [3.05, 3.63) is 66.5 Å². The van der Waals surface area contributed by atoms with Crippen LogP contribution in [0.1, 0.15) is 39.5 Å². The molecule has 2 aromatic heterocycles. The number of alkyl halides is 1. The third-order valence-electron chi connectivity index (χ3n) is 7.63. The number of anilines is 2. The molecule has 0 amide bonds. The van der Waals surface area contributed by atoms with E-state index >= 15 is 4.39 Å². The van der Waals surface area contributed by atoms with Crippen molar-refractivity contribution >= 4 is 36.6 Å². The Morgan fingerprint density at radius 3 is 2.49 bits per heavy atom. The van der Waals surface area contributed by atoms with Crippen molar-refractivity contribution in [1.29, 1.82) is 0 Å². The van der Waals surface area contributed by atoms with Gasteiger partial charge < -0.3 is 34.5 Å². The Bertz CT molecular complexity index is 1780. The average Bonchev–Trinajstić information content (AvgIpc) is 3.59. The largest absolute Gasteiger partial charge is 0.497 e. The van der Waals surface area contributed by atoms with Crippen LogP contribution in [0.4, 0.5) is 16.2 Å². The molecule has 1 aliphatic heterocycles. The van der Waals surface area contributed by atoms with Gasteiger partial charge in [0.25, 0.3) is 0 Å². The number of halogens is 1. The number of methoxy groups -OCH3 is 1. The lowest BCUT2D eigenvalue weighted by atomic mass is 9.98. The minimum atomic E-state index is -4.33. The number of nitrogen functional groups attached to an aromatic ring is 1. The molecule has 4 N–H and O–H groups in total. The van der Waals surface area contributed by atoms with E-state index in [2.05, 4.69) is 25.4 Å². The summed E-state index contributed by atoms with van der Waals surface area (Å²) < 4.78 is 67.4. The van der Waals surface area contributed by atoms with Gasteiger partial charge in [-0.05, 0) is 57.5 Å². The Kier molecular flexibility index (Phi) is 11.0. The number of ether oxygens (including phenoxy) is 4. The van der Waals surface area contributed by atoms with Gasteiger partial charge in [-0.15, -0.1) is 0 Å². The summed E-state index contributed by atoms with van der Waals surface area (Å²) in [5.74, 6) is 0.482. The highest BCUT2D eigenvalue weighted by atomic mass is 31.2. The van der Waals surface area contributed by atoms with Gasteiger partial charge in [0, 0.05) is 7.05 Å². The number of hydrogen-bond acceptors (Lipinski definition) is 13. The summed E-state index contributed by atoms with van der Waals surface area (Å²) in [6.45, 7) is 5.70. The number of esters is 1. The number of fused-ring (bicyclic) bond motifs is 1. The van der Waals surface area contributed by atoms with Crippen LogP contribution in [0.5, 0.6) is 11.5 Å². The standard InChI is InChI=1S/C32H41FN7O8P/c1-19(2)46-29(41)20(3)39-49(42,48-23-10-8-7-9-11-23)45-17-24-26(44-16-21-12-14-22(43-6)15-13-21)32(4,33)30(47-24)40-18-36-25-27(35-5)37-31(34)38-28(25)40/h7-15,18-20,24,26,30H,16-17H2,1-6H3,(H,39,42)(H3,34,35,37,38)/t20-,24+,26+,30+,32+,49-/m0/s1. The van der Waals surface area contributed by atoms with E-state index < -0.39 is 56.6 Å². The van der Waals surface area contributed by atoms with Gasteiger partial charge in [0.1, 0.15) is 29.7 Å². The van der Waals surface area contributed by atoms with Crippen molar-refractivity contribution in [2.75, 3.05) is 31.8 Å². The Morgan fingerprint density at radius 1 is 1.12 bits per heavy atom. The molecule has 0 bridgehead atoms. The fourth-order valence-corrected chi connectivity index (χ4v) is 6.80. The fourth-order valence-electron chi connectivity index (χ4n) is 5.30. The molecule has 2 aromatic carbocycles. The zero-order valence-electron chi connectivity index (χ0n) is 28.0. The van der Waals surface area contributed by atoms with Crippen LogP contribution < -0.4 is 25.4 Å². The maximum Gasteiger partial charge on any atom is 0.459 e. The summed E-state index contributed by atoms with van der Waals surface area (Å²) in [5.41, 5.74) is 5.04. The molecule has 0 spiro atoms. The quantitative estimate of drug-likeness (QED) is 0.113. The van der Waals surface area contributed by atoms with E-state index in [9.17, 15) is 9.36 Å². The number of carbonyl (C=O) groups excluding carboxylic acids is 1. The van der Waals surface area contributed by atoms with Gasteiger partial charge in [-0.2, -0.15) is 15.1 Å². The molecular weight excluding hydrogens is 660 g/mol. The minimum Gasteiger partial charge on any atom is -0.497 e. The molecule has 3 heterocycles. The van der Waals surface area contributed by atoms with E-state index in [0.717, 1.165) is 5.56 Å². The Morgan fingerprint density at radius 2 is 1.84 bits per heavy atom. The third-order valence-corrected chi connectivity index (χ3v) is 9.28.